The van der Waals surface area contributed by atoms with E-state index in [-0.39, 0.29) is 12.2 Å². The van der Waals surface area contributed by atoms with E-state index in [1.165, 1.54) is 0 Å². The lowest BCUT2D eigenvalue weighted by Gasteiger charge is -2.36. The van der Waals surface area contributed by atoms with Crippen molar-refractivity contribution in [3.63, 3.8) is 0 Å². The van der Waals surface area contributed by atoms with E-state index < -0.39 is 0 Å². The Hall–Kier alpha value is -3.48. The molecule has 2 aromatic heterocycles. The molecule has 2 saturated heterocycles. The van der Waals surface area contributed by atoms with E-state index in [4.69, 9.17) is 29.7 Å². The molecule has 0 saturated carbocycles. The highest BCUT2D eigenvalue weighted by Crippen LogP contribution is 2.29. The highest BCUT2D eigenvalue weighted by molar-refractivity contribution is 5.89. The highest BCUT2D eigenvalue weighted by Gasteiger charge is 2.26. The molecular formula is C24H27N7O2. The Kier molecular flexibility index (Phi) is 5.94. The van der Waals surface area contributed by atoms with Crippen LogP contribution in [0.15, 0.2) is 36.4 Å². The standard InChI is InChI=1S/C24H27N7O2/c1-16-14-31(15-17(2)33-16)24-28-22-20(23(29-24)30-9-11-32-12-10-30)7-8-21(27-22)26-19-5-3-18(13-25)4-6-19/h3-8,16-17H,9-12,14-15H2,1-2H3,(H,26,27,28,29). The van der Waals surface area contributed by atoms with Crippen molar-refractivity contribution in [2.24, 2.45) is 0 Å². The van der Waals surface area contributed by atoms with Crippen molar-refractivity contribution in [3.8, 4) is 6.07 Å². The summed E-state index contributed by atoms with van der Waals surface area (Å²) in [5.74, 6) is 2.25. The van der Waals surface area contributed by atoms with Crippen molar-refractivity contribution in [2.45, 2.75) is 26.1 Å². The number of aromatic nitrogens is 3. The van der Waals surface area contributed by atoms with Crippen LogP contribution in [0.25, 0.3) is 11.0 Å². The minimum Gasteiger partial charge on any atom is -0.378 e. The van der Waals surface area contributed by atoms with Crippen molar-refractivity contribution >= 4 is 34.3 Å². The Morgan fingerprint density at radius 3 is 2.36 bits per heavy atom. The molecular weight excluding hydrogens is 418 g/mol. The molecule has 0 amide bonds. The third-order valence-electron chi connectivity index (χ3n) is 5.83. The number of nitriles is 1. The SMILES string of the molecule is CC1CN(c2nc(N3CCOCC3)c3ccc(Nc4ccc(C#N)cc4)nc3n2)CC(C)O1. The Bertz CT molecular complexity index is 1160. The van der Waals surface area contributed by atoms with Gasteiger partial charge in [-0.05, 0) is 50.2 Å². The second-order valence-electron chi connectivity index (χ2n) is 8.49. The van der Waals surface area contributed by atoms with Crippen molar-refractivity contribution in [1.82, 2.24) is 15.0 Å². The number of ether oxygens (including phenoxy) is 2. The fourth-order valence-corrected chi connectivity index (χ4v) is 4.33. The minimum absolute atomic E-state index is 0.109. The topological polar surface area (TPSA) is 99.4 Å². The molecule has 9 heteroatoms. The molecule has 0 bridgehead atoms. The highest BCUT2D eigenvalue weighted by atomic mass is 16.5. The zero-order valence-corrected chi connectivity index (χ0v) is 18.9. The van der Waals surface area contributed by atoms with Crippen LogP contribution in [0.4, 0.5) is 23.3 Å². The van der Waals surface area contributed by atoms with E-state index in [1.807, 2.05) is 24.3 Å². The number of benzene rings is 1. The molecule has 5 rings (SSSR count). The van der Waals surface area contributed by atoms with Crippen molar-refractivity contribution in [1.29, 1.82) is 5.26 Å². The van der Waals surface area contributed by atoms with Crippen molar-refractivity contribution < 1.29 is 9.47 Å². The molecule has 1 N–H and O–H groups in total. The van der Waals surface area contributed by atoms with Crippen LogP contribution >= 0.6 is 0 Å². The van der Waals surface area contributed by atoms with Gasteiger partial charge in [0.2, 0.25) is 5.95 Å². The molecule has 0 radical (unpaired) electrons. The van der Waals surface area contributed by atoms with Gasteiger partial charge in [0.1, 0.15) is 11.6 Å². The molecule has 170 valence electrons. The number of morpholine rings is 2. The lowest BCUT2D eigenvalue weighted by atomic mass is 10.2. The van der Waals surface area contributed by atoms with Crippen LogP contribution in [0.3, 0.4) is 0 Å². The summed E-state index contributed by atoms with van der Waals surface area (Å²) >= 11 is 0. The average Bonchev–Trinajstić information content (AvgIpc) is 2.83. The molecule has 0 aliphatic carbocycles. The largest absolute Gasteiger partial charge is 0.378 e. The first-order chi connectivity index (χ1) is 16.1. The van der Waals surface area contributed by atoms with Gasteiger partial charge in [0.25, 0.3) is 0 Å². The first-order valence-electron chi connectivity index (χ1n) is 11.3. The first kappa shape index (κ1) is 21.4. The summed E-state index contributed by atoms with van der Waals surface area (Å²) in [6.07, 6.45) is 0.217. The summed E-state index contributed by atoms with van der Waals surface area (Å²) in [6.45, 7) is 8.55. The van der Waals surface area contributed by atoms with Gasteiger partial charge in [-0.15, -0.1) is 0 Å². The van der Waals surface area contributed by atoms with Crippen molar-refractivity contribution in [3.05, 3.63) is 42.0 Å². The number of nitrogens with one attached hydrogen (secondary N) is 1. The maximum absolute atomic E-state index is 9.02. The predicted octanol–water partition coefficient (Wildman–Crippen LogP) is 3.09. The van der Waals surface area contributed by atoms with Crippen LogP contribution in [-0.2, 0) is 9.47 Å². The van der Waals surface area contributed by atoms with Gasteiger partial charge >= 0.3 is 0 Å². The van der Waals surface area contributed by atoms with Crippen LogP contribution < -0.4 is 15.1 Å². The number of rotatable bonds is 4. The smallest absolute Gasteiger partial charge is 0.229 e. The fourth-order valence-electron chi connectivity index (χ4n) is 4.33. The third kappa shape index (κ3) is 4.67. The number of nitrogens with zero attached hydrogens (tertiary/aromatic N) is 6. The fraction of sp³-hybridized carbons (Fsp3) is 0.417. The van der Waals surface area contributed by atoms with E-state index in [9.17, 15) is 0 Å². The number of hydrogen-bond donors (Lipinski definition) is 1. The van der Waals surface area contributed by atoms with Crippen LogP contribution in [-0.4, -0.2) is 66.6 Å². The molecule has 2 aliphatic rings. The summed E-state index contributed by atoms with van der Waals surface area (Å²) in [4.78, 5) is 19.1. The molecule has 4 heterocycles. The molecule has 3 aromatic rings. The summed E-state index contributed by atoms with van der Waals surface area (Å²) < 4.78 is 11.5. The van der Waals surface area contributed by atoms with Crippen molar-refractivity contribution in [2.75, 3.05) is 54.5 Å². The maximum atomic E-state index is 9.02. The normalized spacial score (nSPS) is 21.1. The van der Waals surface area contributed by atoms with Gasteiger partial charge in [0.05, 0.1) is 42.4 Å². The minimum atomic E-state index is 0.109. The van der Waals surface area contributed by atoms with Gasteiger partial charge in [-0.1, -0.05) is 0 Å². The molecule has 0 spiro atoms. The van der Waals surface area contributed by atoms with E-state index >= 15 is 0 Å². The van der Waals surface area contributed by atoms with Gasteiger partial charge in [-0.3, -0.25) is 0 Å². The van der Waals surface area contributed by atoms with Crippen LogP contribution in [0, 0.1) is 11.3 Å². The molecule has 2 aliphatic heterocycles. The quantitative estimate of drug-likeness (QED) is 0.649. The van der Waals surface area contributed by atoms with E-state index in [0.29, 0.717) is 36.2 Å². The Morgan fingerprint density at radius 2 is 1.67 bits per heavy atom. The summed E-state index contributed by atoms with van der Waals surface area (Å²) in [6, 6.07) is 13.4. The zero-order valence-electron chi connectivity index (χ0n) is 18.9. The lowest BCUT2D eigenvalue weighted by Crippen LogP contribution is -2.46. The van der Waals surface area contributed by atoms with Gasteiger partial charge < -0.3 is 24.6 Å². The summed E-state index contributed by atoms with van der Waals surface area (Å²) in [5, 5.41) is 13.2. The van der Waals surface area contributed by atoms with Gasteiger partial charge in [0, 0.05) is 31.9 Å². The van der Waals surface area contributed by atoms with Gasteiger partial charge in [0.15, 0.2) is 5.65 Å². The lowest BCUT2D eigenvalue weighted by molar-refractivity contribution is -0.00570. The van der Waals surface area contributed by atoms with Crippen LogP contribution in [0.2, 0.25) is 0 Å². The van der Waals surface area contributed by atoms with Gasteiger partial charge in [-0.25, -0.2) is 4.98 Å². The Morgan fingerprint density at radius 1 is 0.939 bits per heavy atom. The molecule has 9 nitrogen and oxygen atoms in total. The van der Waals surface area contributed by atoms with Crippen LogP contribution in [0.5, 0.6) is 0 Å². The number of pyridine rings is 1. The Balaban J connectivity index is 1.53. The number of hydrogen-bond acceptors (Lipinski definition) is 9. The summed E-state index contributed by atoms with van der Waals surface area (Å²) in [7, 11) is 0. The average molecular weight is 446 g/mol. The maximum Gasteiger partial charge on any atom is 0.229 e. The number of anilines is 4. The molecule has 2 fully saturated rings. The third-order valence-corrected chi connectivity index (χ3v) is 5.83. The number of fused-ring (bicyclic) bond motifs is 1. The van der Waals surface area contributed by atoms with E-state index in [1.54, 1.807) is 12.1 Å². The zero-order chi connectivity index (χ0) is 22.8. The second kappa shape index (κ2) is 9.17. The Labute approximate surface area is 193 Å². The van der Waals surface area contributed by atoms with Crippen LogP contribution in [0.1, 0.15) is 19.4 Å². The molecule has 2 unspecified atom stereocenters. The molecule has 1 aromatic carbocycles. The second-order valence-corrected chi connectivity index (χ2v) is 8.49. The van der Waals surface area contributed by atoms with E-state index in [2.05, 4.69) is 35.0 Å². The first-order valence-corrected chi connectivity index (χ1v) is 11.3. The molecule has 2 atom stereocenters. The van der Waals surface area contributed by atoms with Gasteiger partial charge in [-0.2, -0.15) is 15.2 Å². The summed E-state index contributed by atoms with van der Waals surface area (Å²) in [5.41, 5.74) is 2.12. The predicted molar refractivity (Wildman–Crippen MR) is 127 cm³/mol. The molecule has 33 heavy (non-hydrogen) atoms. The van der Waals surface area contributed by atoms with E-state index in [0.717, 1.165) is 43.1 Å². The monoisotopic (exact) mass is 445 g/mol.